The minimum Gasteiger partial charge on any atom is -0.494 e. The Labute approximate surface area is 208 Å². The molecule has 1 aromatic carbocycles. The second-order valence-corrected chi connectivity index (χ2v) is 9.44. The van der Waals surface area contributed by atoms with E-state index in [0.29, 0.717) is 17.3 Å². The van der Waals surface area contributed by atoms with Gasteiger partial charge in [-0.2, -0.15) is 0 Å². The third-order valence-electron chi connectivity index (χ3n) is 5.93. The number of thiocarbonyl (C=S) groups is 1. The van der Waals surface area contributed by atoms with Crippen LogP contribution in [0.15, 0.2) is 24.3 Å². The number of hydrogen-bond donors (Lipinski definition) is 2. The smallest absolute Gasteiger partial charge is 0.257 e. The molecule has 0 aromatic heterocycles. The van der Waals surface area contributed by atoms with Crippen molar-refractivity contribution in [2.75, 3.05) is 13.2 Å². The molecule has 0 aliphatic carbocycles. The average Bonchev–Trinajstić information content (AvgIpc) is 2.82. The molecule has 0 spiro atoms. The number of amides is 1. The molecule has 1 amide bonds. The summed E-state index contributed by atoms with van der Waals surface area (Å²) >= 11 is 5.26. The highest BCUT2D eigenvalue weighted by molar-refractivity contribution is 7.80. The van der Waals surface area contributed by atoms with Gasteiger partial charge in [-0.1, -0.05) is 104 Å². The summed E-state index contributed by atoms with van der Waals surface area (Å²) in [5.41, 5.74) is 0.582. The lowest BCUT2D eigenvalue weighted by Gasteiger charge is -2.10. The van der Waals surface area contributed by atoms with Crippen LogP contribution in [0.25, 0.3) is 0 Å². The molecular formula is C28H48N2O2S. The summed E-state index contributed by atoms with van der Waals surface area (Å²) in [5, 5.41) is 6.31. The van der Waals surface area contributed by atoms with Gasteiger partial charge in [-0.3, -0.25) is 10.1 Å². The molecule has 0 saturated carbocycles. The molecule has 0 aliphatic rings. The number of unbranched alkanes of at least 4 members (excludes halogenated alkanes) is 14. The average molecular weight is 477 g/mol. The van der Waals surface area contributed by atoms with Gasteiger partial charge in [0.05, 0.1) is 6.61 Å². The highest BCUT2D eigenvalue weighted by Gasteiger charge is 2.07. The first-order valence-corrected chi connectivity index (χ1v) is 13.9. The lowest BCUT2D eigenvalue weighted by molar-refractivity contribution is 0.0976. The summed E-state index contributed by atoms with van der Waals surface area (Å²) in [6, 6.07) is 7.20. The monoisotopic (exact) mass is 476 g/mol. The number of rotatable bonds is 20. The lowest BCUT2D eigenvalue weighted by atomic mass is 10.0. The first-order valence-electron chi connectivity index (χ1n) is 13.5. The third-order valence-corrected chi connectivity index (χ3v) is 6.17. The number of hydrogen-bond acceptors (Lipinski definition) is 3. The molecule has 0 saturated heterocycles. The Morgan fingerprint density at radius 1 is 0.727 bits per heavy atom. The minimum absolute atomic E-state index is 0.187. The van der Waals surface area contributed by atoms with Gasteiger partial charge in [-0.15, -0.1) is 0 Å². The van der Waals surface area contributed by atoms with Crippen molar-refractivity contribution in [1.82, 2.24) is 10.6 Å². The SMILES string of the molecule is CCCCCCCCCCCCCCCCNC(=S)NC(=O)c1ccc(OCCCC)cc1. The Morgan fingerprint density at radius 2 is 1.21 bits per heavy atom. The maximum Gasteiger partial charge on any atom is 0.257 e. The van der Waals surface area contributed by atoms with Gasteiger partial charge in [0.2, 0.25) is 0 Å². The summed E-state index contributed by atoms with van der Waals surface area (Å²) in [6.07, 6.45) is 21.0. The number of benzene rings is 1. The third kappa shape index (κ3) is 16.6. The van der Waals surface area contributed by atoms with Crippen LogP contribution in [0.4, 0.5) is 0 Å². The van der Waals surface area contributed by atoms with Crippen LogP contribution in [0, 0.1) is 0 Å². The first-order chi connectivity index (χ1) is 16.2. The van der Waals surface area contributed by atoms with Gasteiger partial charge in [-0.05, 0) is 49.3 Å². The minimum atomic E-state index is -0.187. The van der Waals surface area contributed by atoms with Gasteiger partial charge < -0.3 is 10.1 Å². The predicted octanol–water partition coefficient (Wildman–Crippen LogP) is 7.95. The van der Waals surface area contributed by atoms with Gasteiger partial charge in [-0.25, -0.2) is 0 Å². The molecule has 2 N–H and O–H groups in total. The molecule has 0 atom stereocenters. The molecule has 188 valence electrons. The van der Waals surface area contributed by atoms with Crippen LogP contribution in [0.3, 0.4) is 0 Å². The van der Waals surface area contributed by atoms with Crippen molar-refractivity contribution in [1.29, 1.82) is 0 Å². The van der Waals surface area contributed by atoms with E-state index in [1.807, 2.05) is 12.1 Å². The zero-order chi connectivity index (χ0) is 24.0. The van der Waals surface area contributed by atoms with E-state index in [0.717, 1.165) is 31.6 Å². The van der Waals surface area contributed by atoms with E-state index in [1.165, 1.54) is 83.5 Å². The molecule has 1 aromatic rings. The van der Waals surface area contributed by atoms with Crippen molar-refractivity contribution in [2.24, 2.45) is 0 Å². The Balaban J connectivity index is 1.96. The Hall–Kier alpha value is -1.62. The summed E-state index contributed by atoms with van der Waals surface area (Å²) < 4.78 is 5.63. The van der Waals surface area contributed by atoms with E-state index in [1.54, 1.807) is 12.1 Å². The summed E-state index contributed by atoms with van der Waals surface area (Å²) in [6.45, 7) is 5.92. The molecule has 0 radical (unpaired) electrons. The van der Waals surface area contributed by atoms with E-state index in [-0.39, 0.29) is 5.91 Å². The Kier molecular flexibility index (Phi) is 18.7. The van der Waals surface area contributed by atoms with Crippen molar-refractivity contribution in [3.05, 3.63) is 29.8 Å². The van der Waals surface area contributed by atoms with Crippen molar-refractivity contribution in [3.63, 3.8) is 0 Å². The van der Waals surface area contributed by atoms with Crippen molar-refractivity contribution < 1.29 is 9.53 Å². The second kappa shape index (κ2) is 20.9. The van der Waals surface area contributed by atoms with E-state index in [2.05, 4.69) is 24.5 Å². The van der Waals surface area contributed by atoms with E-state index in [4.69, 9.17) is 17.0 Å². The van der Waals surface area contributed by atoms with Crippen LogP contribution in [0.2, 0.25) is 0 Å². The predicted molar refractivity (Wildman–Crippen MR) is 145 cm³/mol. The van der Waals surface area contributed by atoms with Crippen LogP contribution in [0.5, 0.6) is 5.75 Å². The van der Waals surface area contributed by atoms with E-state index < -0.39 is 0 Å². The largest absolute Gasteiger partial charge is 0.494 e. The molecule has 4 nitrogen and oxygen atoms in total. The van der Waals surface area contributed by atoms with E-state index in [9.17, 15) is 4.79 Å². The molecule has 0 heterocycles. The summed E-state index contributed by atoms with van der Waals surface area (Å²) in [4.78, 5) is 12.3. The zero-order valence-electron chi connectivity index (χ0n) is 21.3. The number of carbonyl (C=O) groups excluding carboxylic acids is 1. The second-order valence-electron chi connectivity index (χ2n) is 9.03. The van der Waals surface area contributed by atoms with Crippen LogP contribution >= 0.6 is 12.2 Å². The maximum atomic E-state index is 12.3. The molecule has 33 heavy (non-hydrogen) atoms. The summed E-state index contributed by atoms with van der Waals surface area (Å²) in [5.74, 6) is 0.604. The fraction of sp³-hybridized carbons (Fsp3) is 0.714. The maximum absolute atomic E-state index is 12.3. The fourth-order valence-corrected chi connectivity index (χ4v) is 3.97. The Morgan fingerprint density at radius 3 is 1.73 bits per heavy atom. The first kappa shape index (κ1) is 29.4. The topological polar surface area (TPSA) is 50.4 Å². The van der Waals surface area contributed by atoms with Gasteiger partial charge in [0.15, 0.2) is 5.11 Å². The van der Waals surface area contributed by atoms with Crippen LogP contribution in [-0.4, -0.2) is 24.2 Å². The molecule has 1 rings (SSSR count). The van der Waals surface area contributed by atoms with E-state index >= 15 is 0 Å². The van der Waals surface area contributed by atoms with Crippen LogP contribution in [0.1, 0.15) is 127 Å². The van der Waals surface area contributed by atoms with Gasteiger partial charge in [0, 0.05) is 12.1 Å². The lowest BCUT2D eigenvalue weighted by Crippen LogP contribution is -2.39. The number of nitrogens with one attached hydrogen (secondary N) is 2. The number of carbonyl (C=O) groups is 1. The van der Waals surface area contributed by atoms with Gasteiger partial charge in [0.25, 0.3) is 5.91 Å². The Bertz CT molecular complexity index is 619. The zero-order valence-corrected chi connectivity index (χ0v) is 22.1. The fourth-order valence-electron chi connectivity index (χ4n) is 3.78. The molecule has 0 aliphatic heterocycles. The summed E-state index contributed by atoms with van der Waals surface area (Å²) in [7, 11) is 0. The normalized spacial score (nSPS) is 10.7. The molecule has 0 bridgehead atoms. The number of ether oxygens (including phenoxy) is 1. The molecule has 5 heteroatoms. The van der Waals surface area contributed by atoms with Crippen molar-refractivity contribution >= 4 is 23.2 Å². The van der Waals surface area contributed by atoms with Crippen LogP contribution in [-0.2, 0) is 0 Å². The van der Waals surface area contributed by atoms with Gasteiger partial charge in [0.1, 0.15) is 5.75 Å². The molecule has 0 fully saturated rings. The van der Waals surface area contributed by atoms with Crippen LogP contribution < -0.4 is 15.4 Å². The highest BCUT2D eigenvalue weighted by atomic mass is 32.1. The molecule has 0 unspecified atom stereocenters. The standard InChI is InChI=1S/C28H48N2O2S/c1-3-5-7-8-9-10-11-12-13-14-15-16-17-18-23-29-28(33)30-27(31)25-19-21-26(22-20-25)32-24-6-4-2/h19-22H,3-18,23-24H2,1-2H3,(H2,29,30,31,33). The highest BCUT2D eigenvalue weighted by Crippen LogP contribution is 2.14. The molecular weight excluding hydrogens is 428 g/mol. The van der Waals surface area contributed by atoms with Crippen molar-refractivity contribution in [2.45, 2.75) is 117 Å². The quantitative estimate of drug-likeness (QED) is 0.148. The van der Waals surface area contributed by atoms with Gasteiger partial charge >= 0.3 is 0 Å². The van der Waals surface area contributed by atoms with Crippen molar-refractivity contribution in [3.8, 4) is 5.75 Å².